The first-order valence-corrected chi connectivity index (χ1v) is 10.7. The van der Waals surface area contributed by atoms with Gasteiger partial charge in [-0.2, -0.15) is 0 Å². The van der Waals surface area contributed by atoms with Crippen molar-refractivity contribution >= 4 is 11.4 Å². The van der Waals surface area contributed by atoms with Gasteiger partial charge in [-0.25, -0.2) is 0 Å². The van der Waals surface area contributed by atoms with Crippen LogP contribution in [0.2, 0.25) is 0 Å². The molecule has 0 heterocycles. The lowest BCUT2D eigenvalue weighted by atomic mass is 10.2. The van der Waals surface area contributed by atoms with Crippen LogP contribution in [-0.4, -0.2) is 0 Å². The lowest BCUT2D eigenvalue weighted by molar-refractivity contribution is 0.475. The molecule has 4 rings (SSSR count). The summed E-state index contributed by atoms with van der Waals surface area (Å²) in [5, 5.41) is 0. The summed E-state index contributed by atoms with van der Waals surface area (Å²) in [6, 6.07) is 28.1. The van der Waals surface area contributed by atoms with Gasteiger partial charge in [0.25, 0.3) is 0 Å². The molecule has 0 atom stereocenters. The highest BCUT2D eigenvalue weighted by Crippen LogP contribution is 2.30. The SMILES string of the molecule is Cc1cccc(Oc2ccc(NNc3ccc(Oc4ccccc4C)c(C)c3)cc2C)c1. The molecule has 4 aromatic rings. The fraction of sp³-hybridized carbons (Fsp3) is 0.143. The second-order valence-corrected chi connectivity index (χ2v) is 8.00. The van der Waals surface area contributed by atoms with Crippen molar-refractivity contribution in [1.29, 1.82) is 0 Å². The van der Waals surface area contributed by atoms with Crippen LogP contribution in [0.15, 0.2) is 84.9 Å². The summed E-state index contributed by atoms with van der Waals surface area (Å²) in [5.41, 5.74) is 12.8. The smallest absolute Gasteiger partial charge is 0.130 e. The van der Waals surface area contributed by atoms with Gasteiger partial charge >= 0.3 is 0 Å². The minimum Gasteiger partial charge on any atom is -0.457 e. The highest BCUT2D eigenvalue weighted by molar-refractivity contribution is 5.58. The molecule has 162 valence electrons. The third kappa shape index (κ3) is 5.22. The Labute approximate surface area is 189 Å². The van der Waals surface area contributed by atoms with E-state index in [1.807, 2.05) is 87.5 Å². The average molecular weight is 425 g/mol. The standard InChI is InChI=1S/C28H28N2O2/c1-19-8-7-10-25(16-19)31-27-14-12-23(17-21(27)3)29-30-24-13-15-28(22(4)18-24)32-26-11-6-5-9-20(26)2/h5-18,29-30H,1-4H3. The molecule has 0 radical (unpaired) electrons. The monoisotopic (exact) mass is 424 g/mol. The van der Waals surface area contributed by atoms with Crippen molar-refractivity contribution in [3.63, 3.8) is 0 Å². The third-order valence-corrected chi connectivity index (χ3v) is 5.23. The number of benzene rings is 4. The Kier molecular flexibility index (Phi) is 6.31. The Hall–Kier alpha value is -3.92. The molecule has 0 aromatic heterocycles. The molecule has 0 saturated carbocycles. The van der Waals surface area contributed by atoms with E-state index in [9.17, 15) is 0 Å². The number of rotatable bonds is 7. The molecular weight excluding hydrogens is 396 g/mol. The van der Waals surface area contributed by atoms with Gasteiger partial charge in [-0.3, -0.25) is 0 Å². The van der Waals surface area contributed by atoms with E-state index in [1.165, 1.54) is 5.56 Å². The van der Waals surface area contributed by atoms with Crippen LogP contribution in [0.5, 0.6) is 23.0 Å². The van der Waals surface area contributed by atoms with E-state index in [-0.39, 0.29) is 0 Å². The second kappa shape index (κ2) is 9.48. The van der Waals surface area contributed by atoms with Gasteiger partial charge in [-0.1, -0.05) is 30.3 Å². The van der Waals surface area contributed by atoms with Crippen LogP contribution in [0, 0.1) is 27.7 Å². The minimum absolute atomic E-state index is 0.842. The van der Waals surface area contributed by atoms with Gasteiger partial charge < -0.3 is 20.3 Å². The number of para-hydroxylation sites is 1. The summed E-state index contributed by atoms with van der Waals surface area (Å²) < 4.78 is 12.1. The van der Waals surface area contributed by atoms with E-state index in [0.29, 0.717) is 0 Å². The van der Waals surface area contributed by atoms with Crippen molar-refractivity contribution in [3.8, 4) is 23.0 Å². The summed E-state index contributed by atoms with van der Waals surface area (Å²) >= 11 is 0. The van der Waals surface area contributed by atoms with Crippen LogP contribution in [0.1, 0.15) is 22.3 Å². The van der Waals surface area contributed by atoms with Gasteiger partial charge in [0.05, 0.1) is 11.4 Å². The summed E-state index contributed by atoms with van der Waals surface area (Å²) in [6.45, 7) is 8.18. The number of hydrazine groups is 1. The minimum atomic E-state index is 0.842. The maximum absolute atomic E-state index is 6.08. The molecule has 32 heavy (non-hydrogen) atoms. The molecule has 0 spiro atoms. The summed E-state index contributed by atoms with van der Waals surface area (Å²) in [5.74, 6) is 3.40. The molecule has 4 nitrogen and oxygen atoms in total. The summed E-state index contributed by atoms with van der Waals surface area (Å²) in [7, 11) is 0. The van der Waals surface area contributed by atoms with E-state index in [2.05, 4.69) is 36.0 Å². The molecular formula is C28H28N2O2. The zero-order chi connectivity index (χ0) is 22.5. The molecule has 2 N–H and O–H groups in total. The van der Waals surface area contributed by atoms with E-state index in [1.54, 1.807) is 0 Å². The second-order valence-electron chi connectivity index (χ2n) is 8.00. The maximum Gasteiger partial charge on any atom is 0.130 e. The first-order chi connectivity index (χ1) is 15.5. The number of hydrogen-bond acceptors (Lipinski definition) is 4. The zero-order valence-electron chi connectivity index (χ0n) is 18.9. The predicted molar refractivity (Wildman–Crippen MR) is 132 cm³/mol. The highest BCUT2D eigenvalue weighted by Gasteiger charge is 2.06. The van der Waals surface area contributed by atoms with Crippen LogP contribution in [-0.2, 0) is 0 Å². The molecule has 0 unspecified atom stereocenters. The van der Waals surface area contributed by atoms with Crippen molar-refractivity contribution in [2.24, 2.45) is 0 Å². The summed E-state index contributed by atoms with van der Waals surface area (Å²) in [6.07, 6.45) is 0. The maximum atomic E-state index is 6.08. The van der Waals surface area contributed by atoms with E-state index in [0.717, 1.165) is 51.1 Å². The van der Waals surface area contributed by atoms with E-state index >= 15 is 0 Å². The van der Waals surface area contributed by atoms with Crippen LogP contribution < -0.4 is 20.3 Å². The van der Waals surface area contributed by atoms with Gasteiger partial charge in [0.15, 0.2) is 0 Å². The van der Waals surface area contributed by atoms with Gasteiger partial charge in [0.2, 0.25) is 0 Å². The number of anilines is 2. The van der Waals surface area contributed by atoms with Crippen molar-refractivity contribution in [2.45, 2.75) is 27.7 Å². The van der Waals surface area contributed by atoms with Gasteiger partial charge in [0, 0.05) is 0 Å². The third-order valence-electron chi connectivity index (χ3n) is 5.23. The number of hydrogen-bond donors (Lipinski definition) is 2. The molecule has 0 bridgehead atoms. The largest absolute Gasteiger partial charge is 0.457 e. The molecule has 4 aromatic carbocycles. The molecule has 0 aliphatic rings. The Morgan fingerprint density at radius 3 is 1.69 bits per heavy atom. The number of ether oxygens (including phenoxy) is 2. The van der Waals surface area contributed by atoms with Crippen molar-refractivity contribution in [3.05, 3.63) is 107 Å². The first kappa shape index (κ1) is 21.3. The number of aryl methyl sites for hydroxylation is 4. The first-order valence-electron chi connectivity index (χ1n) is 10.7. The van der Waals surface area contributed by atoms with E-state index in [4.69, 9.17) is 9.47 Å². The number of nitrogens with one attached hydrogen (secondary N) is 2. The van der Waals surface area contributed by atoms with Crippen LogP contribution >= 0.6 is 0 Å². The Bertz CT molecular complexity index is 1230. The van der Waals surface area contributed by atoms with Crippen LogP contribution in [0.4, 0.5) is 11.4 Å². The molecule has 0 amide bonds. The normalized spacial score (nSPS) is 10.5. The molecule has 4 heteroatoms. The summed E-state index contributed by atoms with van der Waals surface area (Å²) in [4.78, 5) is 0. The Balaban J connectivity index is 1.39. The zero-order valence-corrected chi connectivity index (χ0v) is 18.9. The fourth-order valence-electron chi connectivity index (χ4n) is 3.42. The van der Waals surface area contributed by atoms with Crippen molar-refractivity contribution in [1.82, 2.24) is 0 Å². The molecule has 0 aliphatic heterocycles. The predicted octanol–water partition coefficient (Wildman–Crippen LogP) is 7.94. The lowest BCUT2D eigenvalue weighted by Crippen LogP contribution is -2.09. The topological polar surface area (TPSA) is 42.5 Å². The lowest BCUT2D eigenvalue weighted by Gasteiger charge is -2.15. The average Bonchev–Trinajstić information content (AvgIpc) is 2.77. The van der Waals surface area contributed by atoms with E-state index < -0.39 is 0 Å². The molecule has 0 fully saturated rings. The molecule has 0 aliphatic carbocycles. The Morgan fingerprint density at radius 1 is 0.500 bits per heavy atom. The van der Waals surface area contributed by atoms with Crippen molar-refractivity contribution in [2.75, 3.05) is 10.9 Å². The van der Waals surface area contributed by atoms with Gasteiger partial charge in [-0.05, 0) is 105 Å². The molecule has 0 saturated heterocycles. The van der Waals surface area contributed by atoms with Crippen LogP contribution in [0.3, 0.4) is 0 Å². The van der Waals surface area contributed by atoms with Gasteiger partial charge in [-0.15, -0.1) is 0 Å². The Morgan fingerprint density at radius 2 is 1.09 bits per heavy atom. The van der Waals surface area contributed by atoms with Gasteiger partial charge in [0.1, 0.15) is 23.0 Å². The highest BCUT2D eigenvalue weighted by atomic mass is 16.5. The van der Waals surface area contributed by atoms with Crippen LogP contribution in [0.25, 0.3) is 0 Å². The fourth-order valence-corrected chi connectivity index (χ4v) is 3.42. The quantitative estimate of drug-likeness (QED) is 0.295. The van der Waals surface area contributed by atoms with Crippen molar-refractivity contribution < 1.29 is 9.47 Å².